The van der Waals surface area contributed by atoms with Crippen LogP contribution >= 0.6 is 0 Å². The lowest BCUT2D eigenvalue weighted by molar-refractivity contribution is 0.388. The molecule has 0 radical (unpaired) electrons. The first-order valence-electron chi connectivity index (χ1n) is 4.20. The lowest BCUT2D eigenvalue weighted by Crippen LogP contribution is -2.16. The number of methoxy groups -OCH3 is 1. The molecule has 74 valence electrons. The second kappa shape index (κ2) is 4.03. The fourth-order valence-electron chi connectivity index (χ4n) is 1.18. The summed E-state index contributed by atoms with van der Waals surface area (Å²) in [6.07, 6.45) is 3.18. The number of ether oxygens (including phenoxy) is 1. The normalized spacial score (nSPS) is 10.5. The van der Waals surface area contributed by atoms with E-state index in [9.17, 15) is 4.79 Å². The van der Waals surface area contributed by atoms with Gasteiger partial charge in [-0.15, -0.1) is 0 Å². The van der Waals surface area contributed by atoms with Crippen LogP contribution in [0.4, 0.5) is 0 Å². The van der Waals surface area contributed by atoms with Gasteiger partial charge in [-0.1, -0.05) is 0 Å². The summed E-state index contributed by atoms with van der Waals surface area (Å²) < 4.78 is 5.13. The van der Waals surface area contributed by atoms with Gasteiger partial charge in [-0.3, -0.25) is 4.98 Å². The van der Waals surface area contributed by atoms with Crippen LogP contribution in [0.1, 0.15) is 19.5 Å². The van der Waals surface area contributed by atoms with Gasteiger partial charge >= 0.3 is 0 Å². The van der Waals surface area contributed by atoms with E-state index < -0.39 is 5.54 Å². The van der Waals surface area contributed by atoms with Crippen LogP contribution in [0.3, 0.4) is 0 Å². The number of pyridine rings is 1. The van der Waals surface area contributed by atoms with E-state index in [1.54, 1.807) is 39.3 Å². The molecule has 14 heavy (non-hydrogen) atoms. The predicted octanol–water partition coefficient (Wildman–Crippen LogP) is 1.66. The summed E-state index contributed by atoms with van der Waals surface area (Å²) >= 11 is 0. The summed E-state index contributed by atoms with van der Waals surface area (Å²) in [4.78, 5) is 18.1. The first-order chi connectivity index (χ1) is 6.61. The van der Waals surface area contributed by atoms with Crippen molar-refractivity contribution in [1.82, 2.24) is 4.98 Å². The Balaban J connectivity index is 3.23. The third kappa shape index (κ3) is 1.98. The molecule has 0 unspecified atom stereocenters. The minimum Gasteiger partial charge on any atom is -0.495 e. The molecule has 1 rings (SSSR count). The number of aliphatic imine (C=N–C) groups is 1. The van der Waals surface area contributed by atoms with E-state index in [2.05, 4.69) is 9.98 Å². The zero-order valence-corrected chi connectivity index (χ0v) is 8.44. The van der Waals surface area contributed by atoms with Crippen molar-refractivity contribution in [2.24, 2.45) is 4.99 Å². The molecule has 0 amide bonds. The highest BCUT2D eigenvalue weighted by molar-refractivity contribution is 5.39. The van der Waals surface area contributed by atoms with Gasteiger partial charge in [0.05, 0.1) is 7.11 Å². The molecule has 0 aliphatic heterocycles. The summed E-state index contributed by atoms with van der Waals surface area (Å²) in [5, 5.41) is 0. The molecule has 0 saturated heterocycles. The zero-order valence-electron chi connectivity index (χ0n) is 8.44. The Morgan fingerprint density at radius 2 is 2.29 bits per heavy atom. The Bertz CT molecular complexity index is 368. The van der Waals surface area contributed by atoms with E-state index in [0.717, 1.165) is 0 Å². The number of isocyanates is 1. The van der Waals surface area contributed by atoms with E-state index in [1.807, 2.05) is 0 Å². The summed E-state index contributed by atoms with van der Waals surface area (Å²) in [6, 6.07) is 3.55. The number of hydrogen-bond acceptors (Lipinski definition) is 4. The Morgan fingerprint density at radius 1 is 1.57 bits per heavy atom. The maximum absolute atomic E-state index is 10.2. The van der Waals surface area contributed by atoms with Crippen LogP contribution in [0.25, 0.3) is 0 Å². The topological polar surface area (TPSA) is 51.6 Å². The highest BCUT2D eigenvalue weighted by Gasteiger charge is 2.24. The van der Waals surface area contributed by atoms with Crippen molar-refractivity contribution in [2.45, 2.75) is 19.4 Å². The molecular formula is C10H12N2O2. The molecule has 0 spiro atoms. The molecule has 0 saturated carbocycles. The molecule has 4 heteroatoms. The van der Waals surface area contributed by atoms with Gasteiger partial charge < -0.3 is 4.74 Å². The van der Waals surface area contributed by atoms with E-state index in [4.69, 9.17) is 4.74 Å². The van der Waals surface area contributed by atoms with Crippen molar-refractivity contribution in [3.8, 4) is 5.75 Å². The van der Waals surface area contributed by atoms with Gasteiger partial charge in [0, 0.05) is 6.20 Å². The van der Waals surface area contributed by atoms with Crippen molar-refractivity contribution >= 4 is 6.08 Å². The summed E-state index contributed by atoms with van der Waals surface area (Å²) in [5.41, 5.74) is -0.0696. The largest absolute Gasteiger partial charge is 0.495 e. The van der Waals surface area contributed by atoms with E-state index in [0.29, 0.717) is 11.4 Å². The highest BCUT2D eigenvalue weighted by Crippen LogP contribution is 2.29. The summed E-state index contributed by atoms with van der Waals surface area (Å²) in [5.74, 6) is 0.622. The lowest BCUT2D eigenvalue weighted by atomic mass is 10.0. The number of rotatable bonds is 3. The molecule has 1 heterocycles. The van der Waals surface area contributed by atoms with Gasteiger partial charge in [0.25, 0.3) is 0 Å². The van der Waals surface area contributed by atoms with E-state index in [-0.39, 0.29) is 0 Å². The SMILES string of the molecule is COc1cccnc1C(C)(C)N=C=O. The van der Waals surface area contributed by atoms with Crippen LogP contribution < -0.4 is 4.74 Å². The number of aromatic nitrogens is 1. The van der Waals surface area contributed by atoms with Crippen molar-refractivity contribution < 1.29 is 9.53 Å². The number of nitrogens with zero attached hydrogens (tertiary/aromatic N) is 2. The molecule has 0 aromatic carbocycles. The summed E-state index contributed by atoms with van der Waals surface area (Å²) in [6.45, 7) is 3.56. The molecule has 0 fully saturated rings. The third-order valence-electron chi connectivity index (χ3n) is 1.90. The monoisotopic (exact) mass is 192 g/mol. The Morgan fingerprint density at radius 3 is 2.86 bits per heavy atom. The fraction of sp³-hybridized carbons (Fsp3) is 0.400. The second-order valence-electron chi connectivity index (χ2n) is 3.32. The Labute approximate surface area is 82.6 Å². The van der Waals surface area contributed by atoms with E-state index >= 15 is 0 Å². The van der Waals surface area contributed by atoms with Crippen molar-refractivity contribution in [2.75, 3.05) is 7.11 Å². The molecule has 0 bridgehead atoms. The first-order valence-corrected chi connectivity index (χ1v) is 4.20. The molecule has 4 nitrogen and oxygen atoms in total. The minimum atomic E-state index is -0.700. The van der Waals surface area contributed by atoms with Crippen LogP contribution in [0.5, 0.6) is 5.75 Å². The quantitative estimate of drug-likeness (QED) is 0.540. The molecule has 0 aliphatic rings. The number of carbonyl (C=O) groups excluding carboxylic acids is 1. The van der Waals surface area contributed by atoms with Gasteiger partial charge in [-0.2, -0.15) is 4.99 Å². The average molecular weight is 192 g/mol. The van der Waals surface area contributed by atoms with Gasteiger partial charge in [0.2, 0.25) is 6.08 Å². The first kappa shape index (κ1) is 10.4. The summed E-state index contributed by atoms with van der Waals surface area (Å²) in [7, 11) is 1.56. The Kier molecular flexibility index (Phi) is 2.99. The Hall–Kier alpha value is -1.67. The molecule has 1 aromatic rings. The van der Waals surface area contributed by atoms with Crippen molar-refractivity contribution in [1.29, 1.82) is 0 Å². The molecule has 0 N–H and O–H groups in total. The van der Waals surface area contributed by atoms with Crippen LogP contribution in [0.2, 0.25) is 0 Å². The standard InChI is InChI=1S/C10H12N2O2/c1-10(2,12-7-13)9-8(14-3)5-4-6-11-9/h4-6H,1-3H3. The third-order valence-corrected chi connectivity index (χ3v) is 1.90. The molecular weight excluding hydrogens is 180 g/mol. The highest BCUT2D eigenvalue weighted by atomic mass is 16.5. The molecule has 0 atom stereocenters. The maximum Gasteiger partial charge on any atom is 0.235 e. The lowest BCUT2D eigenvalue weighted by Gasteiger charge is -2.18. The van der Waals surface area contributed by atoms with Crippen LogP contribution in [0, 0.1) is 0 Å². The van der Waals surface area contributed by atoms with E-state index in [1.165, 1.54) is 6.08 Å². The number of hydrogen-bond donors (Lipinski definition) is 0. The van der Waals surface area contributed by atoms with Crippen molar-refractivity contribution in [3.05, 3.63) is 24.0 Å². The van der Waals surface area contributed by atoms with Crippen LogP contribution in [-0.4, -0.2) is 18.2 Å². The minimum absolute atomic E-state index is 0.622. The van der Waals surface area contributed by atoms with Gasteiger partial charge in [-0.05, 0) is 26.0 Å². The molecule has 1 aromatic heterocycles. The fourth-order valence-corrected chi connectivity index (χ4v) is 1.18. The van der Waals surface area contributed by atoms with Gasteiger partial charge in [0.1, 0.15) is 17.0 Å². The molecule has 0 aliphatic carbocycles. The van der Waals surface area contributed by atoms with Crippen LogP contribution in [-0.2, 0) is 10.3 Å². The van der Waals surface area contributed by atoms with Gasteiger partial charge in [0.15, 0.2) is 0 Å². The average Bonchev–Trinajstić information content (AvgIpc) is 2.18. The zero-order chi connectivity index (χ0) is 10.6. The van der Waals surface area contributed by atoms with Gasteiger partial charge in [-0.25, -0.2) is 4.79 Å². The van der Waals surface area contributed by atoms with Crippen molar-refractivity contribution in [3.63, 3.8) is 0 Å². The smallest absolute Gasteiger partial charge is 0.235 e. The van der Waals surface area contributed by atoms with Crippen LogP contribution in [0.15, 0.2) is 23.3 Å². The predicted molar refractivity (Wildman–Crippen MR) is 51.9 cm³/mol. The maximum atomic E-state index is 10.2. The second-order valence-corrected chi connectivity index (χ2v) is 3.32.